The van der Waals surface area contributed by atoms with Crippen LogP contribution in [0.4, 0.5) is 16.0 Å². The summed E-state index contributed by atoms with van der Waals surface area (Å²) in [6, 6.07) is 6.15. The molecule has 1 N–H and O–H groups in total. The van der Waals surface area contributed by atoms with Crippen LogP contribution >= 0.6 is 0 Å². The number of halogens is 1. The molecule has 0 saturated heterocycles. The van der Waals surface area contributed by atoms with Crippen LogP contribution in [0.15, 0.2) is 33.9 Å². The summed E-state index contributed by atoms with van der Waals surface area (Å²) in [6.45, 7) is 3.40. The van der Waals surface area contributed by atoms with Crippen molar-refractivity contribution in [3.05, 3.63) is 50.9 Å². The van der Waals surface area contributed by atoms with E-state index in [2.05, 4.69) is 16.9 Å². The third-order valence-electron chi connectivity index (χ3n) is 4.36. The fourth-order valence-electron chi connectivity index (χ4n) is 3.21. The fourth-order valence-corrected chi connectivity index (χ4v) is 3.21. The van der Waals surface area contributed by atoms with E-state index in [-0.39, 0.29) is 11.7 Å². The Kier molecular flexibility index (Phi) is 3.09. The van der Waals surface area contributed by atoms with Gasteiger partial charge in [0.2, 0.25) is 5.95 Å². The molecule has 1 aliphatic rings. The SMILES string of the molecule is C[C@H]1CN(c2ccc(F)cc2)c2nc3c(c(=O)[nH]c(=O)n3C)n2C1. The van der Waals surface area contributed by atoms with E-state index in [9.17, 15) is 14.0 Å². The molecule has 1 atom stereocenters. The molecule has 3 heterocycles. The molecular weight excluding hydrogens is 313 g/mol. The van der Waals surface area contributed by atoms with E-state index in [4.69, 9.17) is 0 Å². The van der Waals surface area contributed by atoms with Gasteiger partial charge in [0.25, 0.3) is 5.56 Å². The second-order valence-electron chi connectivity index (χ2n) is 6.21. The highest BCUT2D eigenvalue weighted by Gasteiger charge is 2.28. The third-order valence-corrected chi connectivity index (χ3v) is 4.36. The zero-order valence-electron chi connectivity index (χ0n) is 13.3. The van der Waals surface area contributed by atoms with E-state index in [0.717, 1.165) is 5.69 Å². The molecule has 3 aromatic rings. The summed E-state index contributed by atoms with van der Waals surface area (Å²) in [5.74, 6) is 0.536. The predicted octanol–water partition coefficient (Wildman–Crippen LogP) is 1.35. The Labute approximate surface area is 136 Å². The van der Waals surface area contributed by atoms with E-state index in [0.29, 0.717) is 30.2 Å². The molecule has 0 amide bonds. The van der Waals surface area contributed by atoms with Crippen LogP contribution in [0.25, 0.3) is 11.2 Å². The van der Waals surface area contributed by atoms with Gasteiger partial charge in [-0.3, -0.25) is 14.3 Å². The highest BCUT2D eigenvalue weighted by atomic mass is 19.1. The number of aromatic amines is 1. The molecule has 0 saturated carbocycles. The average Bonchev–Trinajstić information content (AvgIpc) is 2.92. The van der Waals surface area contributed by atoms with Gasteiger partial charge in [-0.25, -0.2) is 9.18 Å². The van der Waals surface area contributed by atoms with Gasteiger partial charge < -0.3 is 9.47 Å². The number of aryl methyl sites for hydroxylation is 1. The fraction of sp³-hybridized carbons (Fsp3) is 0.312. The van der Waals surface area contributed by atoms with E-state index in [1.807, 2.05) is 9.47 Å². The molecule has 0 radical (unpaired) electrons. The number of H-pyrrole nitrogens is 1. The van der Waals surface area contributed by atoms with Crippen molar-refractivity contribution in [2.24, 2.45) is 13.0 Å². The van der Waals surface area contributed by atoms with Crippen molar-refractivity contribution in [1.29, 1.82) is 0 Å². The number of fused-ring (bicyclic) bond motifs is 3. The second-order valence-corrected chi connectivity index (χ2v) is 6.21. The van der Waals surface area contributed by atoms with Crippen LogP contribution in [0, 0.1) is 11.7 Å². The first-order chi connectivity index (χ1) is 11.5. The summed E-state index contributed by atoms with van der Waals surface area (Å²) in [5.41, 5.74) is 0.580. The molecule has 8 heteroatoms. The second kappa shape index (κ2) is 5.05. The normalized spacial score (nSPS) is 17.3. The third kappa shape index (κ3) is 2.06. The molecule has 24 heavy (non-hydrogen) atoms. The quantitative estimate of drug-likeness (QED) is 0.731. The molecule has 7 nitrogen and oxygen atoms in total. The molecule has 0 fully saturated rings. The van der Waals surface area contributed by atoms with Crippen LogP contribution in [0.5, 0.6) is 0 Å². The molecule has 1 aliphatic heterocycles. The first-order valence-corrected chi connectivity index (χ1v) is 7.68. The largest absolute Gasteiger partial charge is 0.329 e. The van der Waals surface area contributed by atoms with Crippen LogP contribution in [0.2, 0.25) is 0 Å². The zero-order valence-corrected chi connectivity index (χ0v) is 13.3. The van der Waals surface area contributed by atoms with Crippen LogP contribution in [-0.4, -0.2) is 25.6 Å². The molecule has 124 valence electrons. The number of nitrogens with zero attached hydrogens (tertiary/aromatic N) is 4. The topological polar surface area (TPSA) is 75.9 Å². The number of benzene rings is 1. The summed E-state index contributed by atoms with van der Waals surface area (Å²) >= 11 is 0. The van der Waals surface area contributed by atoms with Gasteiger partial charge in [0.05, 0.1) is 0 Å². The Morgan fingerprint density at radius 1 is 1.21 bits per heavy atom. The zero-order chi connectivity index (χ0) is 17.0. The molecule has 4 rings (SSSR count). The van der Waals surface area contributed by atoms with Crippen molar-refractivity contribution in [2.45, 2.75) is 13.5 Å². The minimum absolute atomic E-state index is 0.261. The van der Waals surface area contributed by atoms with E-state index in [1.54, 1.807) is 19.2 Å². The summed E-state index contributed by atoms with van der Waals surface area (Å²) in [7, 11) is 1.57. The lowest BCUT2D eigenvalue weighted by atomic mass is 10.1. The molecule has 0 bridgehead atoms. The lowest BCUT2D eigenvalue weighted by molar-refractivity contribution is 0.458. The van der Waals surface area contributed by atoms with E-state index >= 15 is 0 Å². The number of hydrogen-bond acceptors (Lipinski definition) is 4. The molecular formula is C16H16FN5O2. The first kappa shape index (κ1) is 14.7. The summed E-state index contributed by atoms with van der Waals surface area (Å²) < 4.78 is 16.4. The Morgan fingerprint density at radius 3 is 2.62 bits per heavy atom. The summed E-state index contributed by atoms with van der Waals surface area (Å²) in [5, 5.41) is 0. The summed E-state index contributed by atoms with van der Waals surface area (Å²) in [4.78, 5) is 32.9. The van der Waals surface area contributed by atoms with Crippen molar-refractivity contribution in [2.75, 3.05) is 11.4 Å². The Morgan fingerprint density at radius 2 is 1.92 bits per heavy atom. The van der Waals surface area contributed by atoms with Gasteiger partial charge in [-0.05, 0) is 30.2 Å². The van der Waals surface area contributed by atoms with E-state index < -0.39 is 11.2 Å². The molecule has 0 aliphatic carbocycles. The molecule has 0 unspecified atom stereocenters. The first-order valence-electron chi connectivity index (χ1n) is 7.68. The molecule has 1 aromatic carbocycles. The molecule has 0 spiro atoms. The van der Waals surface area contributed by atoms with Crippen molar-refractivity contribution in [3.8, 4) is 0 Å². The van der Waals surface area contributed by atoms with Gasteiger partial charge in [-0.2, -0.15) is 4.98 Å². The Hall–Kier alpha value is -2.90. The summed E-state index contributed by atoms with van der Waals surface area (Å²) in [6.07, 6.45) is 0. The minimum atomic E-state index is -0.496. The average molecular weight is 329 g/mol. The number of rotatable bonds is 1. The van der Waals surface area contributed by atoms with Gasteiger partial charge in [-0.15, -0.1) is 0 Å². The van der Waals surface area contributed by atoms with Crippen molar-refractivity contribution < 1.29 is 4.39 Å². The standard InChI is InChI=1S/C16H16FN5O2/c1-9-7-21(11-5-3-10(17)4-6-11)15-18-13-12(22(15)8-9)14(23)19-16(24)20(13)2/h3-6,9H,7-8H2,1-2H3,(H,19,23,24)/t9-/m0/s1. The molecule has 2 aromatic heterocycles. The van der Waals surface area contributed by atoms with E-state index in [1.165, 1.54) is 16.7 Å². The monoisotopic (exact) mass is 329 g/mol. The Bertz CT molecular complexity index is 1050. The van der Waals surface area contributed by atoms with Gasteiger partial charge >= 0.3 is 5.69 Å². The number of anilines is 2. The number of imidazole rings is 1. The van der Waals surface area contributed by atoms with Gasteiger partial charge in [0.15, 0.2) is 11.2 Å². The maximum Gasteiger partial charge on any atom is 0.329 e. The van der Waals surface area contributed by atoms with Gasteiger partial charge in [-0.1, -0.05) is 6.92 Å². The lowest BCUT2D eigenvalue weighted by Crippen LogP contribution is -2.35. The van der Waals surface area contributed by atoms with Crippen molar-refractivity contribution >= 4 is 22.8 Å². The maximum absolute atomic E-state index is 13.2. The van der Waals surface area contributed by atoms with Crippen molar-refractivity contribution in [3.63, 3.8) is 0 Å². The minimum Gasteiger partial charge on any atom is -0.312 e. The van der Waals surface area contributed by atoms with Crippen LogP contribution < -0.4 is 16.1 Å². The van der Waals surface area contributed by atoms with Crippen LogP contribution in [-0.2, 0) is 13.6 Å². The lowest BCUT2D eigenvalue weighted by Gasteiger charge is -2.32. The Balaban J connectivity index is 2.00. The maximum atomic E-state index is 13.2. The number of hydrogen-bond donors (Lipinski definition) is 1. The highest BCUT2D eigenvalue weighted by Crippen LogP contribution is 2.32. The number of nitrogens with one attached hydrogen (secondary N) is 1. The highest BCUT2D eigenvalue weighted by molar-refractivity contribution is 5.76. The van der Waals surface area contributed by atoms with Crippen LogP contribution in [0.3, 0.4) is 0 Å². The number of aromatic nitrogens is 4. The van der Waals surface area contributed by atoms with Crippen molar-refractivity contribution in [1.82, 2.24) is 19.1 Å². The van der Waals surface area contributed by atoms with Crippen LogP contribution in [0.1, 0.15) is 6.92 Å². The predicted molar refractivity (Wildman–Crippen MR) is 88.2 cm³/mol. The smallest absolute Gasteiger partial charge is 0.312 e. The van der Waals surface area contributed by atoms with Gasteiger partial charge in [0.1, 0.15) is 5.82 Å². The van der Waals surface area contributed by atoms with Gasteiger partial charge in [0, 0.05) is 25.8 Å².